The van der Waals surface area contributed by atoms with Crippen LogP contribution in [-0.2, 0) is 6.42 Å². The van der Waals surface area contributed by atoms with Gasteiger partial charge < -0.3 is 10.1 Å². The summed E-state index contributed by atoms with van der Waals surface area (Å²) in [6.07, 6.45) is 3.49. The summed E-state index contributed by atoms with van der Waals surface area (Å²) in [6.45, 7) is 5.42. The van der Waals surface area contributed by atoms with Gasteiger partial charge in [0, 0.05) is 6.04 Å². The fourth-order valence-corrected chi connectivity index (χ4v) is 2.59. The average Bonchev–Trinajstić information content (AvgIpc) is 2.39. The Morgan fingerprint density at radius 1 is 1.41 bits per heavy atom. The first-order valence-electron chi connectivity index (χ1n) is 6.69. The van der Waals surface area contributed by atoms with Crippen LogP contribution < -0.4 is 10.1 Å². The molecular weight excluding hydrogens is 210 g/mol. The van der Waals surface area contributed by atoms with Gasteiger partial charge in [-0.3, -0.25) is 0 Å². The van der Waals surface area contributed by atoms with Crippen LogP contribution in [0.15, 0.2) is 18.2 Å². The normalized spacial score (nSPS) is 18.1. The van der Waals surface area contributed by atoms with Crippen LogP contribution in [0.1, 0.15) is 43.9 Å². The first kappa shape index (κ1) is 12.4. The van der Waals surface area contributed by atoms with Crippen molar-refractivity contribution in [2.45, 2.75) is 39.2 Å². The van der Waals surface area contributed by atoms with Gasteiger partial charge in [0.15, 0.2) is 0 Å². The summed E-state index contributed by atoms with van der Waals surface area (Å²) in [4.78, 5) is 0. The van der Waals surface area contributed by atoms with Crippen LogP contribution in [-0.4, -0.2) is 13.7 Å². The molecule has 94 valence electrons. The minimum Gasteiger partial charge on any atom is -0.493 e. The highest BCUT2D eigenvalue weighted by molar-refractivity contribution is 5.39. The summed E-state index contributed by atoms with van der Waals surface area (Å²) in [5.74, 6) is 1.74. The molecule has 0 aliphatic carbocycles. The third-order valence-electron chi connectivity index (χ3n) is 3.82. The zero-order valence-electron chi connectivity index (χ0n) is 11.1. The molecule has 2 atom stereocenters. The van der Waals surface area contributed by atoms with E-state index in [1.54, 1.807) is 0 Å². The number of benzene rings is 1. The van der Waals surface area contributed by atoms with E-state index in [-0.39, 0.29) is 0 Å². The molecule has 0 fully saturated rings. The number of ether oxygens (including phenoxy) is 1. The molecular formula is C15H23NO. The molecule has 2 heteroatoms. The standard InChI is InChI=1S/C15H23NO/c1-4-11(2)15(16-3)13-7-8-14-12(10-13)6-5-9-17-14/h7-8,10-11,15-16H,4-6,9H2,1-3H3. The van der Waals surface area contributed by atoms with E-state index in [1.807, 2.05) is 7.05 Å². The summed E-state index contributed by atoms with van der Waals surface area (Å²) >= 11 is 0. The zero-order valence-corrected chi connectivity index (χ0v) is 11.1. The molecule has 0 saturated carbocycles. The Hall–Kier alpha value is -1.02. The quantitative estimate of drug-likeness (QED) is 0.861. The molecule has 0 spiro atoms. The molecule has 0 saturated heterocycles. The van der Waals surface area contributed by atoms with Crippen LogP contribution in [0.2, 0.25) is 0 Å². The van der Waals surface area contributed by atoms with Gasteiger partial charge in [-0.1, -0.05) is 32.4 Å². The summed E-state index contributed by atoms with van der Waals surface area (Å²) < 4.78 is 5.66. The third kappa shape index (κ3) is 2.63. The molecule has 1 aliphatic rings. The Labute approximate surface area is 104 Å². The van der Waals surface area contributed by atoms with Gasteiger partial charge in [-0.05, 0) is 43.0 Å². The van der Waals surface area contributed by atoms with Crippen molar-refractivity contribution in [3.05, 3.63) is 29.3 Å². The van der Waals surface area contributed by atoms with Crippen molar-refractivity contribution in [3.63, 3.8) is 0 Å². The molecule has 2 nitrogen and oxygen atoms in total. The Morgan fingerprint density at radius 2 is 2.24 bits per heavy atom. The highest BCUT2D eigenvalue weighted by atomic mass is 16.5. The third-order valence-corrected chi connectivity index (χ3v) is 3.82. The maximum Gasteiger partial charge on any atom is 0.122 e. The topological polar surface area (TPSA) is 21.3 Å². The molecule has 17 heavy (non-hydrogen) atoms. The van der Waals surface area contributed by atoms with Crippen LogP contribution in [0.25, 0.3) is 0 Å². The van der Waals surface area contributed by atoms with E-state index in [2.05, 4.69) is 37.4 Å². The van der Waals surface area contributed by atoms with Gasteiger partial charge in [-0.15, -0.1) is 0 Å². The SMILES string of the molecule is CCC(C)C(NC)c1ccc2c(c1)CCCO2. The molecule has 2 unspecified atom stereocenters. The second-order valence-corrected chi connectivity index (χ2v) is 4.97. The second kappa shape index (κ2) is 5.54. The zero-order chi connectivity index (χ0) is 12.3. The first-order valence-corrected chi connectivity index (χ1v) is 6.69. The number of fused-ring (bicyclic) bond motifs is 1. The van der Waals surface area contributed by atoms with Crippen LogP contribution in [0.5, 0.6) is 5.75 Å². The Bertz CT molecular complexity index is 375. The fourth-order valence-electron chi connectivity index (χ4n) is 2.59. The van der Waals surface area contributed by atoms with Crippen LogP contribution in [0, 0.1) is 5.92 Å². The van der Waals surface area contributed by atoms with E-state index >= 15 is 0 Å². The Balaban J connectivity index is 2.25. The van der Waals surface area contributed by atoms with Gasteiger partial charge in [0.05, 0.1) is 6.61 Å². The lowest BCUT2D eigenvalue weighted by Crippen LogP contribution is -2.23. The number of hydrogen-bond acceptors (Lipinski definition) is 2. The summed E-state index contributed by atoms with van der Waals surface area (Å²) in [6, 6.07) is 7.11. The summed E-state index contributed by atoms with van der Waals surface area (Å²) in [5, 5.41) is 3.44. The second-order valence-electron chi connectivity index (χ2n) is 4.97. The van der Waals surface area contributed by atoms with Crippen molar-refractivity contribution in [2.75, 3.05) is 13.7 Å². The van der Waals surface area contributed by atoms with E-state index < -0.39 is 0 Å². The maximum atomic E-state index is 5.66. The predicted octanol–water partition coefficient (Wildman–Crippen LogP) is 3.32. The van der Waals surface area contributed by atoms with E-state index in [0.717, 1.165) is 25.2 Å². The Kier molecular flexibility index (Phi) is 4.06. The van der Waals surface area contributed by atoms with Gasteiger partial charge in [-0.2, -0.15) is 0 Å². The maximum absolute atomic E-state index is 5.66. The van der Waals surface area contributed by atoms with E-state index in [9.17, 15) is 0 Å². The highest BCUT2D eigenvalue weighted by Crippen LogP contribution is 2.30. The number of rotatable bonds is 4. The lowest BCUT2D eigenvalue weighted by Gasteiger charge is -2.25. The van der Waals surface area contributed by atoms with E-state index in [0.29, 0.717) is 12.0 Å². The van der Waals surface area contributed by atoms with Gasteiger partial charge in [-0.25, -0.2) is 0 Å². The first-order chi connectivity index (χ1) is 8.26. The van der Waals surface area contributed by atoms with Gasteiger partial charge >= 0.3 is 0 Å². The largest absolute Gasteiger partial charge is 0.493 e. The van der Waals surface area contributed by atoms with Crippen molar-refractivity contribution >= 4 is 0 Å². The van der Waals surface area contributed by atoms with Crippen molar-refractivity contribution in [1.29, 1.82) is 0 Å². The van der Waals surface area contributed by atoms with Gasteiger partial charge in [0.25, 0.3) is 0 Å². The molecule has 0 aromatic heterocycles. The smallest absolute Gasteiger partial charge is 0.122 e. The lowest BCUT2D eigenvalue weighted by atomic mass is 9.90. The van der Waals surface area contributed by atoms with Gasteiger partial charge in [0.2, 0.25) is 0 Å². The van der Waals surface area contributed by atoms with Crippen molar-refractivity contribution in [1.82, 2.24) is 5.32 Å². The average molecular weight is 233 g/mol. The van der Waals surface area contributed by atoms with Crippen molar-refractivity contribution in [2.24, 2.45) is 5.92 Å². The van der Waals surface area contributed by atoms with Crippen LogP contribution >= 0.6 is 0 Å². The molecule has 1 aromatic carbocycles. The minimum atomic E-state index is 0.451. The lowest BCUT2D eigenvalue weighted by molar-refractivity contribution is 0.287. The minimum absolute atomic E-state index is 0.451. The molecule has 1 N–H and O–H groups in total. The molecule has 1 aliphatic heterocycles. The summed E-state index contributed by atoms with van der Waals surface area (Å²) in [5.41, 5.74) is 2.77. The molecule has 0 amide bonds. The van der Waals surface area contributed by atoms with Gasteiger partial charge in [0.1, 0.15) is 5.75 Å². The fraction of sp³-hybridized carbons (Fsp3) is 0.600. The molecule has 2 rings (SSSR count). The highest BCUT2D eigenvalue weighted by Gasteiger charge is 2.18. The molecule has 1 heterocycles. The molecule has 1 aromatic rings. The number of nitrogens with one attached hydrogen (secondary N) is 1. The summed E-state index contributed by atoms with van der Waals surface area (Å²) in [7, 11) is 2.05. The van der Waals surface area contributed by atoms with Crippen molar-refractivity contribution in [3.8, 4) is 5.75 Å². The van der Waals surface area contributed by atoms with E-state index in [1.165, 1.54) is 17.5 Å². The number of aryl methyl sites for hydroxylation is 1. The monoisotopic (exact) mass is 233 g/mol. The molecule has 0 bridgehead atoms. The molecule has 0 radical (unpaired) electrons. The predicted molar refractivity (Wildman–Crippen MR) is 71.5 cm³/mol. The van der Waals surface area contributed by atoms with E-state index in [4.69, 9.17) is 4.74 Å². The van der Waals surface area contributed by atoms with Crippen LogP contribution in [0.3, 0.4) is 0 Å². The number of hydrogen-bond donors (Lipinski definition) is 1. The van der Waals surface area contributed by atoms with Crippen molar-refractivity contribution < 1.29 is 4.74 Å². The van der Waals surface area contributed by atoms with Crippen LogP contribution in [0.4, 0.5) is 0 Å². The Morgan fingerprint density at radius 3 is 2.94 bits per heavy atom.